The topological polar surface area (TPSA) is 482 Å². The van der Waals surface area contributed by atoms with Crippen LogP contribution in [0.25, 0.3) is 0 Å². The van der Waals surface area contributed by atoms with Gasteiger partial charge in [-0.2, -0.15) is 11.0 Å². The zero-order valence-electron chi connectivity index (χ0n) is 58.5. The Morgan fingerprint density at radius 1 is 0.365 bits per heavy atom. The number of hydrogen-bond acceptors (Lipinski definition) is 30. The van der Waals surface area contributed by atoms with Gasteiger partial charge >= 0.3 is 24.0 Å². The number of amides is 7. The van der Waals surface area contributed by atoms with Crippen molar-refractivity contribution in [2.75, 3.05) is 191 Å². The van der Waals surface area contributed by atoms with E-state index in [1.807, 2.05) is 11.0 Å². The van der Waals surface area contributed by atoms with Crippen LogP contribution in [0.4, 0.5) is 4.79 Å². The average Bonchev–Trinajstić information content (AvgIpc) is 1.11. The van der Waals surface area contributed by atoms with Crippen LogP contribution in [0.5, 0.6) is 11.8 Å². The number of nitrogens with one attached hydrogen (secondary N) is 7. The van der Waals surface area contributed by atoms with E-state index in [1.54, 1.807) is 0 Å². The minimum absolute atomic E-state index is 0.00332. The Balaban J connectivity index is 2.80. The van der Waals surface area contributed by atoms with Gasteiger partial charge in [0, 0.05) is 89.7 Å². The molecule has 0 fully saturated rings. The van der Waals surface area contributed by atoms with E-state index in [-0.39, 0.29) is 272 Å². The highest BCUT2D eigenvalue weighted by molar-refractivity contribution is 6.67. The Labute approximate surface area is 617 Å². The molecule has 0 unspecified atom stereocenters. The fraction of sp³-hybridized carbons (Fsp3) is 0.746. The van der Waals surface area contributed by atoms with Crippen molar-refractivity contribution >= 4 is 107 Å². The van der Waals surface area contributed by atoms with Crippen LogP contribution in [-0.2, 0) is 124 Å². The number of aromatic hydroxyl groups is 2. The van der Waals surface area contributed by atoms with Gasteiger partial charge in [-0.15, -0.1) is 4.73 Å². The van der Waals surface area contributed by atoms with Crippen molar-refractivity contribution in [1.82, 2.24) is 42.3 Å². The molecule has 0 spiro atoms. The van der Waals surface area contributed by atoms with E-state index < -0.39 is 63.5 Å². The molecule has 1 heterocycles. The van der Waals surface area contributed by atoms with E-state index >= 15 is 0 Å². The van der Waals surface area contributed by atoms with Gasteiger partial charge in [-0.25, -0.2) is 19.2 Å². The van der Waals surface area contributed by atoms with Gasteiger partial charge in [-0.3, -0.25) is 28.8 Å². The summed E-state index contributed by atoms with van der Waals surface area (Å²) in [5.41, 5.74) is 2.49. The molecular weight excluding hydrogens is 1460 g/mol. The maximum absolute atomic E-state index is 13.8. The third kappa shape index (κ3) is 59.4. The van der Waals surface area contributed by atoms with Crippen molar-refractivity contribution in [2.45, 2.75) is 112 Å². The lowest BCUT2D eigenvalue weighted by molar-refractivity contribution is -0.159. The van der Waals surface area contributed by atoms with Crippen molar-refractivity contribution in [2.24, 2.45) is 0 Å². The summed E-state index contributed by atoms with van der Waals surface area (Å²) in [7, 11) is 0. The number of aromatic nitrogens is 1. The quantitative estimate of drug-likeness (QED) is 0.0138. The number of rotatable bonds is 68. The number of alkyl carbamates (subject to hydrolysis) is 1. The minimum atomic E-state index is -1.75. The van der Waals surface area contributed by atoms with Crippen molar-refractivity contribution < 1.29 is 144 Å². The molecule has 596 valence electrons. The lowest BCUT2D eigenvalue weighted by Gasteiger charge is -2.34. The van der Waals surface area contributed by atoms with Gasteiger partial charge in [0.15, 0.2) is 0 Å². The van der Waals surface area contributed by atoms with E-state index in [1.165, 1.54) is 0 Å². The third-order valence-corrected chi connectivity index (χ3v) is 13.3. The average molecular weight is 1560 g/mol. The van der Waals surface area contributed by atoms with Gasteiger partial charge in [0.05, 0.1) is 178 Å². The zero-order chi connectivity index (χ0) is 76.4. The van der Waals surface area contributed by atoms with Crippen molar-refractivity contribution in [3.05, 3.63) is 12.1 Å². The predicted octanol–water partition coefficient (Wildman–Crippen LogP) is 0.142. The van der Waals surface area contributed by atoms with Gasteiger partial charge in [-0.1, -0.05) is 54.1 Å². The molecule has 0 aliphatic carbocycles. The van der Waals surface area contributed by atoms with Gasteiger partial charge in [0.2, 0.25) is 39.2 Å². The standard InChI is InChI=1S/C63H103Cl3N8O30/c64-63(65,66)49-101-61(88)70-19-5-3-1-2-4-8-53(80)71-62(46-98-25-13-50(77)67-20-31-92-37-43-95-40-34-89-28-16-58(85)102-72-54(81)9-6-23-75,47-99-26-14-51(78)68-21-32-93-38-44-96-41-35-90-29-17-59(86)103-73-55(82)10-7-24-76)48-100-27-15-52(79)69-22-33-94-39-45-97-42-36-91-30-18-60(87)104-74-56(83)11-12-57(74)84/h11-12,23-24,83-84H,1-10,13-22,25-49H2,(H,67,77)(H,68,78)(H,69,79)(H,70,88)(H,71,80)(H,72,81)(H,73,82). The fourth-order valence-electron chi connectivity index (χ4n) is 7.82. The van der Waals surface area contributed by atoms with Crippen molar-refractivity contribution in [1.29, 1.82) is 0 Å². The zero-order valence-corrected chi connectivity index (χ0v) is 60.8. The molecule has 0 bridgehead atoms. The van der Waals surface area contributed by atoms with Crippen LogP contribution >= 0.6 is 34.8 Å². The second kappa shape index (κ2) is 64.5. The van der Waals surface area contributed by atoms with E-state index in [9.17, 15) is 67.7 Å². The number of carbonyl (C=O) groups is 12. The Morgan fingerprint density at radius 3 is 1.10 bits per heavy atom. The third-order valence-electron chi connectivity index (χ3n) is 13.0. The summed E-state index contributed by atoms with van der Waals surface area (Å²) in [6.07, 6.45) is 2.80. The van der Waals surface area contributed by atoms with Crippen LogP contribution in [0.2, 0.25) is 0 Å². The molecule has 1 aromatic heterocycles. The van der Waals surface area contributed by atoms with Crippen LogP contribution in [0.1, 0.15) is 103 Å². The smallest absolute Gasteiger partial charge is 0.407 e. The van der Waals surface area contributed by atoms with Crippen LogP contribution in [0, 0.1) is 0 Å². The lowest BCUT2D eigenvalue weighted by atomic mass is 10.0. The number of hydroxylamine groups is 2. The maximum Gasteiger partial charge on any atom is 0.407 e. The summed E-state index contributed by atoms with van der Waals surface area (Å²) >= 11 is 16.9. The largest absolute Gasteiger partial charge is 0.492 e. The van der Waals surface area contributed by atoms with Crippen LogP contribution in [0.3, 0.4) is 0 Å². The predicted molar refractivity (Wildman–Crippen MR) is 363 cm³/mol. The second-order valence-corrected chi connectivity index (χ2v) is 24.4. The number of unbranched alkanes of at least 4 members (excludes halogenated alkanes) is 4. The Hall–Kier alpha value is -6.89. The van der Waals surface area contributed by atoms with E-state index in [0.717, 1.165) is 18.6 Å². The summed E-state index contributed by atoms with van der Waals surface area (Å²) in [6.45, 7) is 2.24. The summed E-state index contributed by atoms with van der Waals surface area (Å²) in [4.78, 5) is 157. The lowest BCUT2D eigenvalue weighted by Crippen LogP contribution is -2.58. The Morgan fingerprint density at radius 2 is 0.712 bits per heavy atom. The van der Waals surface area contributed by atoms with Crippen LogP contribution < -0.4 is 42.4 Å². The summed E-state index contributed by atoms with van der Waals surface area (Å²) in [5.74, 6) is -5.76. The van der Waals surface area contributed by atoms with Crippen LogP contribution in [0.15, 0.2) is 12.1 Å². The highest BCUT2D eigenvalue weighted by Gasteiger charge is 2.34. The Bertz CT molecular complexity index is 2460. The molecule has 41 heteroatoms. The summed E-state index contributed by atoms with van der Waals surface area (Å²) in [6, 6.07) is 2.31. The van der Waals surface area contributed by atoms with Crippen molar-refractivity contribution in [3.8, 4) is 11.8 Å². The highest BCUT2D eigenvalue weighted by atomic mass is 35.6. The molecule has 0 atom stereocenters. The first kappa shape index (κ1) is 95.1. The van der Waals surface area contributed by atoms with Gasteiger partial charge in [0.25, 0.3) is 11.8 Å². The highest BCUT2D eigenvalue weighted by Crippen LogP contribution is 2.26. The fourth-order valence-corrected chi connectivity index (χ4v) is 7.98. The second-order valence-electron chi connectivity index (χ2n) is 21.9. The number of aldehydes is 2. The molecular formula is C63H103Cl3N8O30. The van der Waals surface area contributed by atoms with E-state index in [2.05, 4.69) is 36.3 Å². The first-order chi connectivity index (χ1) is 50.2. The van der Waals surface area contributed by atoms with Gasteiger partial charge in [0.1, 0.15) is 24.7 Å². The first-order valence-corrected chi connectivity index (χ1v) is 35.0. The van der Waals surface area contributed by atoms with Gasteiger partial charge < -0.3 is 122 Å². The van der Waals surface area contributed by atoms with E-state index in [4.69, 9.17) is 101 Å². The molecule has 0 saturated carbocycles. The number of hydrogen-bond donors (Lipinski definition) is 9. The molecule has 7 amide bonds. The molecule has 104 heavy (non-hydrogen) atoms. The number of nitrogens with zero attached hydrogens (tertiary/aromatic N) is 1. The summed E-state index contributed by atoms with van der Waals surface area (Å²) < 4.78 is 70.7. The molecule has 0 saturated heterocycles. The molecule has 0 aromatic carbocycles. The van der Waals surface area contributed by atoms with Crippen LogP contribution in [-0.4, -0.2) is 288 Å². The molecule has 1 aromatic rings. The number of ether oxygens (including phenoxy) is 13. The maximum atomic E-state index is 13.8. The van der Waals surface area contributed by atoms with Gasteiger partial charge in [-0.05, 0) is 12.8 Å². The number of carbonyl (C=O) groups excluding carboxylic acids is 12. The molecule has 0 radical (unpaired) electrons. The van der Waals surface area contributed by atoms with Crippen molar-refractivity contribution in [3.63, 3.8) is 0 Å². The minimum Gasteiger partial charge on any atom is -0.492 e. The molecule has 0 aliphatic heterocycles. The molecule has 38 nitrogen and oxygen atoms in total. The monoisotopic (exact) mass is 1560 g/mol. The summed E-state index contributed by atoms with van der Waals surface area (Å²) in [5, 5.41) is 33.0. The Kier molecular flexibility index (Phi) is 59.0. The first-order valence-electron chi connectivity index (χ1n) is 33.8. The molecule has 1 rings (SSSR count). The number of alkyl halides is 3. The normalized spacial score (nSPS) is 11.3. The molecule has 0 aliphatic rings. The number of halogens is 3. The SMILES string of the molecule is O=CCCC(=O)NOC(=O)CCOCCOCCOCCNC(=O)CCOCC(COCCC(=O)NCCOCCOCCOCCC(=O)ONC(=O)CCC=O)(COCCC(=O)NCCOCCOCCOCCC(=O)On1c(O)ccc1O)NC(=O)CCCCCCCNC(=O)OCC(Cl)(Cl)Cl. The van der Waals surface area contributed by atoms with E-state index in [0.29, 0.717) is 49.5 Å². The molecule has 9 N–H and O–H groups in total.